The average Bonchev–Trinajstić information content (AvgIpc) is 2.94. The molecule has 1 aromatic carbocycles. The monoisotopic (exact) mass is 268 g/mol. The van der Waals surface area contributed by atoms with Crippen LogP contribution in [-0.2, 0) is 0 Å². The number of halogens is 3. The van der Waals surface area contributed by atoms with Crippen LogP contribution >= 0.6 is 0 Å². The van der Waals surface area contributed by atoms with Crippen LogP contribution in [0.15, 0.2) is 41.1 Å². The van der Waals surface area contributed by atoms with Crippen molar-refractivity contribution in [2.45, 2.75) is 6.36 Å². The van der Waals surface area contributed by atoms with Crippen molar-refractivity contribution in [1.82, 2.24) is 9.97 Å². The first kappa shape index (κ1) is 11.6. The lowest BCUT2D eigenvalue weighted by Gasteiger charge is -2.08. The highest BCUT2D eigenvalue weighted by atomic mass is 19.4. The minimum Gasteiger partial charge on any atom is -0.443 e. The van der Waals surface area contributed by atoms with Gasteiger partial charge in [-0.05, 0) is 24.3 Å². The van der Waals surface area contributed by atoms with E-state index in [1.807, 2.05) is 0 Å². The predicted molar refractivity (Wildman–Crippen MR) is 60.5 cm³/mol. The third-order valence-corrected chi connectivity index (χ3v) is 2.49. The smallest absolute Gasteiger partial charge is 0.443 e. The molecule has 2 heterocycles. The number of benzene rings is 1. The van der Waals surface area contributed by atoms with Crippen molar-refractivity contribution in [2.24, 2.45) is 0 Å². The fourth-order valence-corrected chi connectivity index (χ4v) is 1.78. The summed E-state index contributed by atoms with van der Waals surface area (Å²) in [7, 11) is 0. The van der Waals surface area contributed by atoms with E-state index in [2.05, 4.69) is 14.7 Å². The quantitative estimate of drug-likeness (QED) is 0.770. The highest BCUT2D eigenvalue weighted by molar-refractivity contribution is 5.85. The summed E-state index contributed by atoms with van der Waals surface area (Å²) in [5.74, 6) is 0.104. The molecule has 2 aromatic heterocycles. The molecule has 0 atom stereocenters. The van der Waals surface area contributed by atoms with E-state index in [1.54, 1.807) is 6.07 Å². The maximum Gasteiger partial charge on any atom is 0.573 e. The second-order valence-electron chi connectivity index (χ2n) is 3.82. The number of nitrogens with one attached hydrogen (secondary N) is 1. The average molecular weight is 268 g/mol. The molecule has 0 amide bonds. The SMILES string of the molecule is FC(F)(F)Oc1ccc2[nH]c(-c3ncco3)cc2c1. The van der Waals surface area contributed by atoms with Gasteiger partial charge >= 0.3 is 6.36 Å². The van der Waals surface area contributed by atoms with Crippen LogP contribution in [-0.4, -0.2) is 16.3 Å². The lowest BCUT2D eigenvalue weighted by molar-refractivity contribution is -0.274. The van der Waals surface area contributed by atoms with Gasteiger partial charge < -0.3 is 14.1 Å². The number of H-pyrrole nitrogens is 1. The third kappa shape index (κ3) is 2.40. The molecule has 19 heavy (non-hydrogen) atoms. The standard InChI is InChI=1S/C12H7F3N2O2/c13-12(14,15)19-8-1-2-9-7(5-8)6-10(17-9)11-16-3-4-18-11/h1-6,17H. The van der Waals surface area contributed by atoms with Crippen LogP contribution in [0.2, 0.25) is 0 Å². The Bertz CT molecular complexity index is 701. The zero-order chi connectivity index (χ0) is 13.5. The van der Waals surface area contributed by atoms with E-state index in [9.17, 15) is 13.2 Å². The van der Waals surface area contributed by atoms with E-state index in [4.69, 9.17) is 4.42 Å². The summed E-state index contributed by atoms with van der Waals surface area (Å²) in [6, 6.07) is 5.69. The van der Waals surface area contributed by atoms with E-state index < -0.39 is 6.36 Å². The third-order valence-electron chi connectivity index (χ3n) is 2.49. The lowest BCUT2D eigenvalue weighted by Crippen LogP contribution is -2.16. The Balaban J connectivity index is 2.00. The molecule has 3 aromatic rings. The van der Waals surface area contributed by atoms with Crippen molar-refractivity contribution in [3.05, 3.63) is 36.7 Å². The summed E-state index contributed by atoms with van der Waals surface area (Å²) in [4.78, 5) is 6.95. The zero-order valence-electron chi connectivity index (χ0n) is 9.36. The zero-order valence-corrected chi connectivity index (χ0v) is 9.36. The number of hydrogen-bond acceptors (Lipinski definition) is 3. The summed E-state index contributed by atoms with van der Waals surface area (Å²) < 4.78 is 45.3. The number of alkyl halides is 3. The normalized spacial score (nSPS) is 11.9. The van der Waals surface area contributed by atoms with Crippen LogP contribution in [0, 0.1) is 0 Å². The molecule has 0 fully saturated rings. The lowest BCUT2D eigenvalue weighted by atomic mass is 10.2. The fraction of sp³-hybridized carbons (Fsp3) is 0.0833. The Morgan fingerprint density at radius 1 is 1.21 bits per heavy atom. The molecule has 0 aliphatic rings. The summed E-state index contributed by atoms with van der Waals surface area (Å²) in [5.41, 5.74) is 1.26. The van der Waals surface area contributed by atoms with Crippen molar-refractivity contribution in [3.8, 4) is 17.3 Å². The second-order valence-corrected chi connectivity index (χ2v) is 3.82. The first-order valence-electron chi connectivity index (χ1n) is 5.30. The number of nitrogens with zero attached hydrogens (tertiary/aromatic N) is 1. The number of rotatable bonds is 2. The van der Waals surface area contributed by atoms with Gasteiger partial charge in [0.25, 0.3) is 0 Å². The molecule has 0 unspecified atom stereocenters. The molecular weight excluding hydrogens is 261 g/mol. The minimum absolute atomic E-state index is 0.266. The molecule has 3 rings (SSSR count). The van der Waals surface area contributed by atoms with Gasteiger partial charge in [0.2, 0.25) is 5.89 Å². The summed E-state index contributed by atoms with van der Waals surface area (Å²) in [6.07, 6.45) is -1.80. The summed E-state index contributed by atoms with van der Waals surface area (Å²) in [6.45, 7) is 0. The fourth-order valence-electron chi connectivity index (χ4n) is 1.78. The topological polar surface area (TPSA) is 51.0 Å². The van der Waals surface area contributed by atoms with Crippen molar-refractivity contribution in [2.75, 3.05) is 0 Å². The van der Waals surface area contributed by atoms with Crippen molar-refractivity contribution >= 4 is 10.9 Å². The molecule has 0 radical (unpaired) electrons. The minimum atomic E-state index is -4.70. The van der Waals surface area contributed by atoms with Crippen LogP contribution in [0.3, 0.4) is 0 Å². The van der Waals surface area contributed by atoms with Gasteiger partial charge in [0, 0.05) is 10.9 Å². The van der Waals surface area contributed by atoms with Crippen molar-refractivity contribution in [3.63, 3.8) is 0 Å². The number of fused-ring (bicyclic) bond motifs is 1. The Hall–Kier alpha value is -2.44. The molecule has 0 aliphatic heterocycles. The molecule has 1 N–H and O–H groups in total. The highest BCUT2D eigenvalue weighted by Gasteiger charge is 2.31. The molecular formula is C12H7F3N2O2. The maximum atomic E-state index is 12.1. The van der Waals surface area contributed by atoms with Gasteiger partial charge in [-0.15, -0.1) is 13.2 Å². The Morgan fingerprint density at radius 3 is 2.74 bits per heavy atom. The van der Waals surface area contributed by atoms with Gasteiger partial charge in [-0.1, -0.05) is 0 Å². The van der Waals surface area contributed by atoms with Gasteiger partial charge in [-0.3, -0.25) is 0 Å². The van der Waals surface area contributed by atoms with Gasteiger partial charge in [0.05, 0.1) is 6.20 Å². The van der Waals surface area contributed by atoms with Crippen LogP contribution in [0.5, 0.6) is 5.75 Å². The predicted octanol–water partition coefficient (Wildman–Crippen LogP) is 3.72. The molecule has 0 bridgehead atoms. The maximum absolute atomic E-state index is 12.1. The Labute approximate surface area is 104 Å². The first-order chi connectivity index (χ1) is 9.01. The number of oxazole rings is 1. The molecule has 0 saturated heterocycles. The van der Waals surface area contributed by atoms with Gasteiger partial charge in [0.1, 0.15) is 17.7 Å². The van der Waals surface area contributed by atoms with E-state index >= 15 is 0 Å². The second kappa shape index (κ2) is 4.04. The molecule has 0 saturated carbocycles. The molecule has 0 spiro atoms. The van der Waals surface area contributed by atoms with E-state index in [-0.39, 0.29) is 5.75 Å². The number of ether oxygens (including phenoxy) is 1. The van der Waals surface area contributed by atoms with Gasteiger partial charge in [-0.25, -0.2) is 4.98 Å². The molecule has 7 heteroatoms. The molecule has 4 nitrogen and oxygen atoms in total. The highest BCUT2D eigenvalue weighted by Crippen LogP contribution is 2.29. The Kier molecular flexibility index (Phi) is 2.48. The van der Waals surface area contributed by atoms with Gasteiger partial charge in [0.15, 0.2) is 0 Å². The number of aromatic nitrogens is 2. The van der Waals surface area contributed by atoms with E-state index in [0.29, 0.717) is 22.5 Å². The number of hydrogen-bond donors (Lipinski definition) is 1. The van der Waals surface area contributed by atoms with Crippen molar-refractivity contribution < 1.29 is 22.3 Å². The van der Waals surface area contributed by atoms with Crippen LogP contribution in [0.1, 0.15) is 0 Å². The number of aromatic amines is 1. The van der Waals surface area contributed by atoms with Crippen LogP contribution in [0.4, 0.5) is 13.2 Å². The van der Waals surface area contributed by atoms with Gasteiger partial charge in [-0.2, -0.15) is 0 Å². The molecule has 98 valence electrons. The van der Waals surface area contributed by atoms with Crippen LogP contribution < -0.4 is 4.74 Å². The summed E-state index contributed by atoms with van der Waals surface area (Å²) in [5, 5.41) is 0.579. The molecule has 0 aliphatic carbocycles. The summed E-state index contributed by atoms with van der Waals surface area (Å²) >= 11 is 0. The van der Waals surface area contributed by atoms with E-state index in [1.165, 1.54) is 30.7 Å². The largest absolute Gasteiger partial charge is 0.573 e. The van der Waals surface area contributed by atoms with Crippen LogP contribution in [0.25, 0.3) is 22.5 Å². The Morgan fingerprint density at radius 2 is 2.05 bits per heavy atom. The first-order valence-corrected chi connectivity index (χ1v) is 5.30. The van der Waals surface area contributed by atoms with Crippen molar-refractivity contribution in [1.29, 1.82) is 0 Å². The van der Waals surface area contributed by atoms with E-state index in [0.717, 1.165) is 0 Å².